The maximum atomic E-state index is 12.8. The number of nitrogens with zero attached hydrogens (tertiary/aromatic N) is 1. The molecule has 0 radical (unpaired) electrons. The second-order valence-electron chi connectivity index (χ2n) is 6.63. The number of imide groups is 1. The monoisotopic (exact) mass is 383 g/mol. The average molecular weight is 383 g/mol. The minimum Gasteiger partial charge on any atom is -0.318 e. The second kappa shape index (κ2) is 7.44. The van der Waals surface area contributed by atoms with Gasteiger partial charge in [-0.05, 0) is 49.6 Å². The van der Waals surface area contributed by atoms with Crippen molar-refractivity contribution >= 4 is 29.6 Å². The van der Waals surface area contributed by atoms with Crippen molar-refractivity contribution < 1.29 is 14.4 Å². The molecule has 0 unspecified atom stereocenters. The smallest absolute Gasteiger partial charge is 0.318 e. The molecule has 0 aromatic heterocycles. The van der Waals surface area contributed by atoms with Gasteiger partial charge in [0, 0.05) is 4.90 Å². The van der Waals surface area contributed by atoms with Crippen molar-refractivity contribution in [3.8, 4) is 0 Å². The summed E-state index contributed by atoms with van der Waals surface area (Å²) in [6.45, 7) is 5.66. The summed E-state index contributed by atoms with van der Waals surface area (Å²) < 4.78 is 0. The first kappa shape index (κ1) is 19.0. The fourth-order valence-electron chi connectivity index (χ4n) is 2.82. The number of thioether (sulfide) groups is 1. The molecular formula is C20H21N3O3S. The number of aryl methyl sites for hydroxylation is 2. The maximum absolute atomic E-state index is 12.8. The Balaban J connectivity index is 1.64. The summed E-state index contributed by atoms with van der Waals surface area (Å²) >= 11 is 1.35. The van der Waals surface area contributed by atoms with Crippen LogP contribution in [0.2, 0.25) is 0 Å². The van der Waals surface area contributed by atoms with Gasteiger partial charge < -0.3 is 5.32 Å². The number of nitrogens with one attached hydrogen (secondary N) is 2. The Bertz CT molecular complexity index is 901. The third-order valence-electron chi connectivity index (χ3n) is 4.63. The topological polar surface area (TPSA) is 78.5 Å². The van der Waals surface area contributed by atoms with Gasteiger partial charge in [-0.1, -0.05) is 36.4 Å². The molecule has 1 aliphatic rings. The molecule has 1 heterocycles. The highest BCUT2D eigenvalue weighted by molar-refractivity contribution is 8.00. The van der Waals surface area contributed by atoms with Crippen LogP contribution < -0.4 is 10.7 Å². The van der Waals surface area contributed by atoms with E-state index in [-0.39, 0.29) is 5.75 Å². The van der Waals surface area contributed by atoms with E-state index >= 15 is 0 Å². The standard InChI is InChI=1S/C20H21N3O3S/c1-13-9-10-16(11-14(13)2)27-12-17(24)22-23-18(25)20(3,21-19(23)26)15-7-5-4-6-8-15/h4-11H,12H2,1-3H3,(H,21,26)(H,22,24)/t20-/m1/s1. The molecule has 3 rings (SSSR count). The zero-order valence-corrected chi connectivity index (χ0v) is 16.2. The Labute approximate surface area is 162 Å². The van der Waals surface area contributed by atoms with Crippen LogP contribution in [0.1, 0.15) is 23.6 Å². The normalized spacial score (nSPS) is 19.1. The third kappa shape index (κ3) is 3.83. The first-order chi connectivity index (χ1) is 12.8. The van der Waals surface area contributed by atoms with Crippen LogP contribution in [0.4, 0.5) is 4.79 Å². The molecule has 4 amide bonds. The maximum Gasteiger partial charge on any atom is 0.344 e. The van der Waals surface area contributed by atoms with E-state index in [1.807, 2.05) is 38.1 Å². The van der Waals surface area contributed by atoms with Crippen molar-refractivity contribution in [1.82, 2.24) is 15.8 Å². The van der Waals surface area contributed by atoms with Gasteiger partial charge in [-0.15, -0.1) is 11.8 Å². The van der Waals surface area contributed by atoms with Crippen LogP contribution in [-0.4, -0.2) is 28.6 Å². The van der Waals surface area contributed by atoms with Crippen molar-refractivity contribution in [1.29, 1.82) is 0 Å². The van der Waals surface area contributed by atoms with Gasteiger partial charge in [0.25, 0.3) is 5.91 Å². The summed E-state index contributed by atoms with van der Waals surface area (Å²) in [6, 6.07) is 14.3. The van der Waals surface area contributed by atoms with Gasteiger partial charge in [0.2, 0.25) is 5.91 Å². The summed E-state index contributed by atoms with van der Waals surface area (Å²) in [7, 11) is 0. The molecular weight excluding hydrogens is 362 g/mol. The van der Waals surface area contributed by atoms with E-state index in [9.17, 15) is 14.4 Å². The average Bonchev–Trinajstić information content (AvgIpc) is 2.87. The quantitative estimate of drug-likeness (QED) is 0.615. The van der Waals surface area contributed by atoms with Gasteiger partial charge in [0.1, 0.15) is 5.54 Å². The Morgan fingerprint density at radius 2 is 1.81 bits per heavy atom. The lowest BCUT2D eigenvalue weighted by molar-refractivity contribution is -0.138. The van der Waals surface area contributed by atoms with Gasteiger partial charge in [-0.3, -0.25) is 15.0 Å². The highest BCUT2D eigenvalue weighted by atomic mass is 32.2. The first-order valence-corrected chi connectivity index (χ1v) is 9.51. The predicted octanol–water partition coefficient (Wildman–Crippen LogP) is 2.89. The molecule has 2 aromatic rings. The predicted molar refractivity (Wildman–Crippen MR) is 104 cm³/mol. The first-order valence-electron chi connectivity index (χ1n) is 8.53. The Morgan fingerprint density at radius 3 is 2.48 bits per heavy atom. The molecule has 1 atom stereocenters. The third-order valence-corrected chi connectivity index (χ3v) is 5.62. The van der Waals surface area contributed by atoms with Gasteiger partial charge in [0.15, 0.2) is 0 Å². The molecule has 0 spiro atoms. The van der Waals surface area contributed by atoms with E-state index in [2.05, 4.69) is 10.7 Å². The Hall–Kier alpha value is -2.80. The Morgan fingerprint density at radius 1 is 1.11 bits per heavy atom. The summed E-state index contributed by atoms with van der Waals surface area (Å²) in [6.07, 6.45) is 0. The van der Waals surface area contributed by atoms with Crippen LogP contribution in [0.25, 0.3) is 0 Å². The van der Waals surface area contributed by atoms with Crippen molar-refractivity contribution in [2.24, 2.45) is 0 Å². The number of hydrogen-bond acceptors (Lipinski definition) is 4. The van der Waals surface area contributed by atoms with Crippen LogP contribution >= 0.6 is 11.8 Å². The van der Waals surface area contributed by atoms with Crippen molar-refractivity contribution in [3.63, 3.8) is 0 Å². The molecule has 1 aliphatic heterocycles. The number of rotatable bonds is 5. The van der Waals surface area contributed by atoms with Crippen LogP contribution in [0.3, 0.4) is 0 Å². The van der Waals surface area contributed by atoms with E-state index in [4.69, 9.17) is 0 Å². The second-order valence-corrected chi connectivity index (χ2v) is 7.68. The SMILES string of the molecule is Cc1ccc(SCC(=O)NN2C(=O)N[C@](C)(c3ccccc3)C2=O)cc1C. The van der Waals surface area contributed by atoms with E-state index in [0.29, 0.717) is 5.56 Å². The molecule has 140 valence electrons. The summed E-state index contributed by atoms with van der Waals surface area (Å²) in [4.78, 5) is 38.2. The van der Waals surface area contributed by atoms with Crippen LogP contribution in [0.5, 0.6) is 0 Å². The van der Waals surface area contributed by atoms with Crippen molar-refractivity contribution in [2.45, 2.75) is 31.2 Å². The number of amides is 4. The lowest BCUT2D eigenvalue weighted by Crippen LogP contribution is -2.48. The number of hydrogen-bond donors (Lipinski definition) is 2. The molecule has 2 aromatic carbocycles. The lowest BCUT2D eigenvalue weighted by Gasteiger charge is -2.22. The van der Waals surface area contributed by atoms with Gasteiger partial charge in [-0.25, -0.2) is 4.79 Å². The zero-order valence-electron chi connectivity index (χ0n) is 15.4. The van der Waals surface area contributed by atoms with Crippen LogP contribution in [0.15, 0.2) is 53.4 Å². The molecule has 1 saturated heterocycles. The fraction of sp³-hybridized carbons (Fsp3) is 0.250. The molecule has 1 fully saturated rings. The number of carbonyl (C=O) groups excluding carboxylic acids is 3. The number of urea groups is 1. The molecule has 0 bridgehead atoms. The van der Waals surface area contributed by atoms with Crippen molar-refractivity contribution in [2.75, 3.05) is 5.75 Å². The van der Waals surface area contributed by atoms with E-state index in [0.717, 1.165) is 15.5 Å². The van der Waals surface area contributed by atoms with E-state index in [1.54, 1.807) is 31.2 Å². The number of carbonyl (C=O) groups is 3. The molecule has 27 heavy (non-hydrogen) atoms. The molecule has 2 N–H and O–H groups in total. The van der Waals surface area contributed by atoms with Gasteiger partial charge in [-0.2, -0.15) is 5.01 Å². The minimum atomic E-state index is -1.20. The highest BCUT2D eigenvalue weighted by Crippen LogP contribution is 2.28. The van der Waals surface area contributed by atoms with Crippen molar-refractivity contribution in [3.05, 3.63) is 65.2 Å². The van der Waals surface area contributed by atoms with E-state index < -0.39 is 23.4 Å². The fourth-order valence-corrected chi connectivity index (χ4v) is 3.60. The molecule has 0 aliphatic carbocycles. The zero-order chi connectivity index (χ0) is 19.6. The number of benzene rings is 2. The molecule has 7 heteroatoms. The Kier molecular flexibility index (Phi) is 5.23. The molecule has 0 saturated carbocycles. The van der Waals surface area contributed by atoms with Crippen LogP contribution in [-0.2, 0) is 15.1 Å². The summed E-state index contributed by atoms with van der Waals surface area (Å²) in [5.41, 5.74) is 4.20. The van der Waals surface area contributed by atoms with Crippen LogP contribution in [0, 0.1) is 13.8 Å². The summed E-state index contributed by atoms with van der Waals surface area (Å²) in [5, 5.41) is 3.42. The lowest BCUT2D eigenvalue weighted by atomic mass is 9.92. The summed E-state index contributed by atoms with van der Waals surface area (Å²) in [5.74, 6) is -0.830. The largest absolute Gasteiger partial charge is 0.344 e. The van der Waals surface area contributed by atoms with Gasteiger partial charge >= 0.3 is 6.03 Å². The minimum absolute atomic E-state index is 0.0988. The highest BCUT2D eigenvalue weighted by Gasteiger charge is 2.49. The van der Waals surface area contributed by atoms with Gasteiger partial charge in [0.05, 0.1) is 5.75 Å². The van der Waals surface area contributed by atoms with E-state index in [1.165, 1.54) is 17.3 Å². The number of hydrazine groups is 1. The molecule has 6 nitrogen and oxygen atoms in total.